The molecule has 0 aromatic heterocycles. The first kappa shape index (κ1) is 18.4. The second-order valence-electron chi connectivity index (χ2n) is 6.28. The number of rotatable bonds is 6. The molecule has 3 rings (SSSR count). The second kappa shape index (κ2) is 8.32. The highest BCUT2D eigenvalue weighted by molar-refractivity contribution is 6.09. The highest BCUT2D eigenvalue weighted by Gasteiger charge is 2.16. The number of ether oxygens (including phenoxy) is 1. The van der Waals surface area contributed by atoms with E-state index in [2.05, 4.69) is 5.32 Å². The number of carbonyl (C=O) groups excluding carboxylic acids is 2. The topological polar surface area (TPSA) is 55.4 Å². The fourth-order valence-corrected chi connectivity index (χ4v) is 2.65. The summed E-state index contributed by atoms with van der Waals surface area (Å²) in [5.74, 6) is 0.258. The van der Waals surface area contributed by atoms with Crippen LogP contribution in [0.4, 0.5) is 5.69 Å². The van der Waals surface area contributed by atoms with E-state index < -0.39 is 6.10 Å². The van der Waals surface area contributed by atoms with Gasteiger partial charge in [-0.15, -0.1) is 0 Å². The van der Waals surface area contributed by atoms with E-state index in [1.807, 2.05) is 49.4 Å². The molecule has 0 saturated heterocycles. The van der Waals surface area contributed by atoms with Crippen molar-refractivity contribution in [3.05, 3.63) is 95.6 Å². The number of hydrogen-bond acceptors (Lipinski definition) is 3. The second-order valence-corrected chi connectivity index (χ2v) is 6.28. The Hall–Kier alpha value is -3.40. The Balaban J connectivity index is 1.63. The quantitative estimate of drug-likeness (QED) is 0.653. The highest BCUT2D eigenvalue weighted by atomic mass is 16.5. The van der Waals surface area contributed by atoms with Crippen molar-refractivity contribution in [1.82, 2.24) is 0 Å². The zero-order valence-electron chi connectivity index (χ0n) is 15.3. The predicted octanol–water partition coefficient (Wildman–Crippen LogP) is 4.63. The summed E-state index contributed by atoms with van der Waals surface area (Å²) in [6.45, 7) is 3.63. The molecule has 3 aromatic carbocycles. The molecule has 4 heteroatoms. The maximum absolute atomic E-state index is 12.4. The van der Waals surface area contributed by atoms with E-state index in [1.165, 1.54) is 0 Å². The summed E-state index contributed by atoms with van der Waals surface area (Å²) in [7, 11) is 0. The van der Waals surface area contributed by atoms with Crippen LogP contribution in [0.15, 0.2) is 78.9 Å². The third kappa shape index (κ3) is 4.61. The lowest BCUT2D eigenvalue weighted by Gasteiger charge is -2.16. The fraction of sp³-hybridized carbons (Fsp3) is 0.130. The molecule has 4 nitrogen and oxygen atoms in total. The number of anilines is 1. The molecule has 0 aliphatic heterocycles. The molecule has 1 N–H and O–H groups in total. The van der Waals surface area contributed by atoms with Crippen LogP contribution in [0, 0.1) is 6.92 Å². The van der Waals surface area contributed by atoms with Gasteiger partial charge in [0.25, 0.3) is 5.91 Å². The number of benzene rings is 3. The summed E-state index contributed by atoms with van der Waals surface area (Å²) in [5.41, 5.74) is 2.96. The third-order valence-electron chi connectivity index (χ3n) is 4.24. The number of ketones is 1. The summed E-state index contributed by atoms with van der Waals surface area (Å²) in [6, 6.07) is 23.5. The van der Waals surface area contributed by atoms with Crippen LogP contribution in [0.25, 0.3) is 0 Å². The van der Waals surface area contributed by atoms with Crippen molar-refractivity contribution in [3.8, 4) is 5.75 Å². The Bertz CT molecular complexity index is 933. The van der Waals surface area contributed by atoms with Crippen LogP contribution >= 0.6 is 0 Å². The van der Waals surface area contributed by atoms with Crippen molar-refractivity contribution in [3.63, 3.8) is 0 Å². The Morgan fingerprint density at radius 2 is 1.41 bits per heavy atom. The molecule has 27 heavy (non-hydrogen) atoms. The third-order valence-corrected chi connectivity index (χ3v) is 4.24. The van der Waals surface area contributed by atoms with E-state index in [9.17, 15) is 9.59 Å². The van der Waals surface area contributed by atoms with Gasteiger partial charge in [-0.1, -0.05) is 48.5 Å². The van der Waals surface area contributed by atoms with E-state index in [1.54, 1.807) is 43.3 Å². The van der Waals surface area contributed by atoms with E-state index in [-0.39, 0.29) is 11.7 Å². The number of para-hydroxylation sites is 1. The Morgan fingerprint density at radius 3 is 2.07 bits per heavy atom. The van der Waals surface area contributed by atoms with Crippen molar-refractivity contribution in [2.24, 2.45) is 0 Å². The molecule has 1 unspecified atom stereocenters. The summed E-state index contributed by atoms with van der Waals surface area (Å²) in [6.07, 6.45) is -0.666. The number of amides is 1. The van der Waals surface area contributed by atoms with Crippen LogP contribution in [0.5, 0.6) is 5.75 Å². The molecule has 0 heterocycles. The lowest BCUT2D eigenvalue weighted by molar-refractivity contribution is -0.122. The average Bonchev–Trinajstić information content (AvgIpc) is 2.70. The molecule has 0 saturated carbocycles. The van der Waals surface area contributed by atoms with Gasteiger partial charge in [-0.25, -0.2) is 0 Å². The number of hydrogen-bond donors (Lipinski definition) is 1. The van der Waals surface area contributed by atoms with Crippen molar-refractivity contribution < 1.29 is 14.3 Å². The standard InChI is InChI=1S/C23H21NO3/c1-16-8-6-7-11-21(16)24-23(26)17(2)27-20-14-12-19(13-15-20)22(25)18-9-4-3-5-10-18/h3-15,17H,1-2H3,(H,24,26). The normalized spacial score (nSPS) is 11.5. The highest BCUT2D eigenvalue weighted by Crippen LogP contribution is 2.18. The van der Waals surface area contributed by atoms with Crippen LogP contribution in [-0.4, -0.2) is 17.8 Å². The van der Waals surface area contributed by atoms with Gasteiger partial charge < -0.3 is 10.1 Å². The first-order valence-electron chi connectivity index (χ1n) is 8.77. The van der Waals surface area contributed by atoms with Gasteiger partial charge in [0.2, 0.25) is 0 Å². The average molecular weight is 359 g/mol. The summed E-state index contributed by atoms with van der Waals surface area (Å²) < 4.78 is 5.71. The molecule has 1 amide bonds. The molecule has 0 radical (unpaired) electrons. The molecule has 0 aliphatic carbocycles. The van der Waals surface area contributed by atoms with Gasteiger partial charge in [0, 0.05) is 16.8 Å². The molecule has 0 aliphatic rings. The van der Waals surface area contributed by atoms with Crippen molar-refractivity contribution in [2.45, 2.75) is 20.0 Å². The van der Waals surface area contributed by atoms with Gasteiger partial charge in [-0.2, -0.15) is 0 Å². The lowest BCUT2D eigenvalue weighted by Crippen LogP contribution is -2.30. The molecule has 0 fully saturated rings. The zero-order valence-corrected chi connectivity index (χ0v) is 15.3. The number of nitrogens with one attached hydrogen (secondary N) is 1. The van der Waals surface area contributed by atoms with E-state index >= 15 is 0 Å². The minimum absolute atomic E-state index is 0.0486. The molecule has 3 aromatic rings. The maximum atomic E-state index is 12.4. The molecule has 136 valence electrons. The predicted molar refractivity (Wildman–Crippen MR) is 106 cm³/mol. The van der Waals surface area contributed by atoms with E-state index in [4.69, 9.17) is 4.74 Å². The van der Waals surface area contributed by atoms with Gasteiger partial charge in [0.05, 0.1) is 0 Å². The van der Waals surface area contributed by atoms with Crippen molar-refractivity contribution >= 4 is 17.4 Å². The largest absolute Gasteiger partial charge is 0.481 e. The van der Waals surface area contributed by atoms with E-state index in [0.29, 0.717) is 16.9 Å². The SMILES string of the molecule is Cc1ccccc1NC(=O)C(C)Oc1ccc(C(=O)c2ccccc2)cc1. The smallest absolute Gasteiger partial charge is 0.265 e. The van der Waals surface area contributed by atoms with Crippen LogP contribution < -0.4 is 10.1 Å². The lowest BCUT2D eigenvalue weighted by atomic mass is 10.0. The Morgan fingerprint density at radius 1 is 0.815 bits per heavy atom. The van der Waals surface area contributed by atoms with Crippen LogP contribution in [0.2, 0.25) is 0 Å². The molecular formula is C23H21NO3. The van der Waals surface area contributed by atoms with Gasteiger partial charge in [-0.05, 0) is 49.7 Å². The van der Waals surface area contributed by atoms with Gasteiger partial charge >= 0.3 is 0 Å². The summed E-state index contributed by atoms with van der Waals surface area (Å²) in [5, 5.41) is 2.86. The van der Waals surface area contributed by atoms with Gasteiger partial charge in [-0.3, -0.25) is 9.59 Å². The van der Waals surface area contributed by atoms with E-state index in [0.717, 1.165) is 11.3 Å². The minimum Gasteiger partial charge on any atom is -0.481 e. The van der Waals surface area contributed by atoms with Crippen LogP contribution in [0.1, 0.15) is 28.4 Å². The first-order chi connectivity index (χ1) is 13.0. The number of carbonyl (C=O) groups is 2. The summed E-state index contributed by atoms with van der Waals surface area (Å²) >= 11 is 0. The molecular weight excluding hydrogens is 338 g/mol. The van der Waals surface area contributed by atoms with Crippen molar-refractivity contribution in [1.29, 1.82) is 0 Å². The Kier molecular flexibility index (Phi) is 5.67. The van der Waals surface area contributed by atoms with Gasteiger partial charge in [0.1, 0.15) is 5.75 Å². The Labute approximate surface area is 158 Å². The minimum atomic E-state index is -0.666. The monoisotopic (exact) mass is 359 g/mol. The number of aryl methyl sites for hydroxylation is 1. The van der Waals surface area contributed by atoms with Crippen molar-refractivity contribution in [2.75, 3.05) is 5.32 Å². The molecule has 0 spiro atoms. The first-order valence-corrected chi connectivity index (χ1v) is 8.77. The molecule has 0 bridgehead atoms. The molecule has 1 atom stereocenters. The van der Waals surface area contributed by atoms with Crippen LogP contribution in [0.3, 0.4) is 0 Å². The van der Waals surface area contributed by atoms with Crippen LogP contribution in [-0.2, 0) is 4.79 Å². The summed E-state index contributed by atoms with van der Waals surface area (Å²) in [4.78, 5) is 24.8. The maximum Gasteiger partial charge on any atom is 0.265 e. The van der Waals surface area contributed by atoms with Gasteiger partial charge in [0.15, 0.2) is 11.9 Å². The zero-order chi connectivity index (χ0) is 19.2. The fourth-order valence-electron chi connectivity index (χ4n) is 2.65.